The normalized spacial score (nSPS) is 10.6. The fraction of sp³-hybridized carbons (Fsp3) is 0.333. The number of nitrogens with two attached hydrogens (primary N) is 1. The van der Waals surface area contributed by atoms with Gasteiger partial charge in [0.25, 0.3) is 0 Å². The average molecular weight is 253 g/mol. The van der Waals surface area contributed by atoms with Gasteiger partial charge in [-0.25, -0.2) is 5.14 Å². The maximum absolute atomic E-state index is 10.4. The summed E-state index contributed by atoms with van der Waals surface area (Å²) in [6, 6.07) is 10.0. The minimum Gasteiger partial charge on any atom is -0.257 e. The van der Waals surface area contributed by atoms with Gasteiger partial charge in [-0.2, -0.15) is 8.42 Å². The van der Waals surface area contributed by atoms with Gasteiger partial charge in [0, 0.05) is 12.8 Å². The summed E-state index contributed by atoms with van der Waals surface area (Å²) in [5.74, 6) is 5.79. The summed E-state index contributed by atoms with van der Waals surface area (Å²) < 4.78 is 25.2. The molecule has 0 unspecified atom stereocenters. The Morgan fingerprint density at radius 2 is 1.76 bits per heavy atom. The molecule has 1 rings (SSSR count). The van der Waals surface area contributed by atoms with E-state index >= 15 is 0 Å². The number of hydrogen-bond acceptors (Lipinski definition) is 3. The maximum atomic E-state index is 10.4. The number of rotatable bonds is 5. The second-order valence-corrected chi connectivity index (χ2v) is 4.63. The van der Waals surface area contributed by atoms with Gasteiger partial charge in [-0.05, 0) is 12.0 Å². The molecule has 0 heterocycles. The Morgan fingerprint density at radius 3 is 2.41 bits per heavy atom. The molecule has 1 aromatic rings. The molecule has 0 bridgehead atoms. The molecule has 0 aliphatic carbocycles. The lowest BCUT2D eigenvalue weighted by atomic mass is 10.1. The van der Waals surface area contributed by atoms with E-state index in [9.17, 15) is 8.42 Å². The van der Waals surface area contributed by atoms with Gasteiger partial charge < -0.3 is 0 Å². The maximum Gasteiger partial charge on any atom is 0.333 e. The molecule has 0 spiro atoms. The quantitative estimate of drug-likeness (QED) is 0.634. The van der Waals surface area contributed by atoms with Gasteiger partial charge in [0.15, 0.2) is 0 Å². The van der Waals surface area contributed by atoms with Gasteiger partial charge in [0.05, 0.1) is 6.61 Å². The minimum atomic E-state index is -3.83. The van der Waals surface area contributed by atoms with Gasteiger partial charge >= 0.3 is 10.3 Å². The zero-order valence-corrected chi connectivity index (χ0v) is 10.2. The molecule has 0 fully saturated rings. The Hall–Kier alpha value is -1.35. The Balaban J connectivity index is 2.16. The Morgan fingerprint density at radius 1 is 1.12 bits per heavy atom. The lowest BCUT2D eigenvalue weighted by Crippen LogP contribution is -2.16. The van der Waals surface area contributed by atoms with Crippen molar-refractivity contribution in [1.82, 2.24) is 0 Å². The fourth-order valence-electron chi connectivity index (χ4n) is 1.24. The van der Waals surface area contributed by atoms with E-state index in [0.717, 1.165) is 12.8 Å². The highest BCUT2D eigenvalue weighted by molar-refractivity contribution is 7.84. The van der Waals surface area contributed by atoms with E-state index < -0.39 is 10.3 Å². The van der Waals surface area contributed by atoms with Gasteiger partial charge in [-0.1, -0.05) is 30.3 Å². The van der Waals surface area contributed by atoms with Crippen LogP contribution < -0.4 is 5.14 Å². The smallest absolute Gasteiger partial charge is 0.257 e. The van der Waals surface area contributed by atoms with Crippen LogP contribution in [0.1, 0.15) is 18.4 Å². The molecular weight excluding hydrogens is 238 g/mol. The number of benzene rings is 1. The molecule has 0 aromatic heterocycles. The first-order valence-corrected chi connectivity index (χ1v) is 6.72. The zero-order valence-electron chi connectivity index (χ0n) is 9.43. The second-order valence-electron chi connectivity index (χ2n) is 3.40. The molecule has 5 heteroatoms. The van der Waals surface area contributed by atoms with Gasteiger partial charge in [-0.15, -0.1) is 11.8 Å². The van der Waals surface area contributed by atoms with E-state index in [4.69, 9.17) is 0 Å². The third kappa shape index (κ3) is 7.53. The standard InChI is InChI=1S/C12H15NO3S/c13-17(14,15)16-11-7-2-1-4-8-12-9-5-3-6-10-12/h3,5-6,9-10H,4,7-8,11H2,(H2,13,14,15). The molecule has 0 radical (unpaired) electrons. The van der Waals surface area contributed by atoms with E-state index in [1.165, 1.54) is 5.56 Å². The van der Waals surface area contributed by atoms with Gasteiger partial charge in [-0.3, -0.25) is 4.18 Å². The van der Waals surface area contributed by atoms with Crippen molar-refractivity contribution >= 4 is 10.3 Å². The molecule has 2 N–H and O–H groups in total. The van der Waals surface area contributed by atoms with E-state index in [0.29, 0.717) is 6.42 Å². The summed E-state index contributed by atoms with van der Waals surface area (Å²) in [6.07, 6.45) is 2.01. The molecule has 17 heavy (non-hydrogen) atoms. The lowest BCUT2D eigenvalue weighted by Gasteiger charge is -1.95. The summed E-state index contributed by atoms with van der Waals surface area (Å²) in [5.41, 5.74) is 1.24. The van der Waals surface area contributed by atoms with Crippen LogP contribution in [0, 0.1) is 11.8 Å². The van der Waals surface area contributed by atoms with Crippen molar-refractivity contribution in [3.05, 3.63) is 35.9 Å². The van der Waals surface area contributed by atoms with Crippen LogP contribution in [0.5, 0.6) is 0 Å². The molecule has 4 nitrogen and oxygen atoms in total. The van der Waals surface area contributed by atoms with Crippen molar-refractivity contribution in [2.45, 2.75) is 19.3 Å². The van der Waals surface area contributed by atoms with Crippen molar-refractivity contribution < 1.29 is 12.6 Å². The van der Waals surface area contributed by atoms with Crippen molar-refractivity contribution in [3.8, 4) is 11.8 Å². The van der Waals surface area contributed by atoms with Gasteiger partial charge in [0.1, 0.15) is 0 Å². The fourth-order valence-corrected chi connectivity index (χ4v) is 1.55. The predicted molar refractivity (Wildman–Crippen MR) is 66.2 cm³/mol. The first-order chi connectivity index (χ1) is 8.08. The van der Waals surface area contributed by atoms with Crippen LogP contribution in [-0.4, -0.2) is 15.0 Å². The average Bonchev–Trinajstić information content (AvgIpc) is 2.28. The lowest BCUT2D eigenvalue weighted by molar-refractivity contribution is 0.327. The van der Waals surface area contributed by atoms with Crippen LogP contribution in [0.25, 0.3) is 0 Å². The monoisotopic (exact) mass is 253 g/mol. The van der Waals surface area contributed by atoms with Crippen LogP contribution in [0.2, 0.25) is 0 Å². The third-order valence-corrected chi connectivity index (χ3v) is 2.48. The first kappa shape index (κ1) is 13.7. The summed E-state index contributed by atoms with van der Waals surface area (Å²) in [4.78, 5) is 0. The van der Waals surface area contributed by atoms with Crippen molar-refractivity contribution in [2.24, 2.45) is 5.14 Å². The molecule has 0 saturated carbocycles. The molecule has 0 atom stereocenters. The highest BCUT2D eigenvalue weighted by atomic mass is 32.2. The predicted octanol–water partition coefficient (Wildman–Crippen LogP) is 1.23. The summed E-state index contributed by atoms with van der Waals surface area (Å²) in [5, 5.41) is 4.65. The molecule has 0 saturated heterocycles. The van der Waals surface area contributed by atoms with Crippen LogP contribution in [0.15, 0.2) is 30.3 Å². The molecule has 92 valence electrons. The van der Waals surface area contributed by atoms with Crippen LogP contribution in [0.3, 0.4) is 0 Å². The van der Waals surface area contributed by atoms with Gasteiger partial charge in [0.2, 0.25) is 0 Å². The summed E-state index contributed by atoms with van der Waals surface area (Å²) >= 11 is 0. The zero-order chi connectivity index (χ0) is 12.6. The highest BCUT2D eigenvalue weighted by Gasteiger charge is 1.98. The molecular formula is C12H15NO3S. The topological polar surface area (TPSA) is 69.4 Å². The van der Waals surface area contributed by atoms with Crippen LogP contribution >= 0.6 is 0 Å². The number of aryl methyl sites for hydroxylation is 1. The molecule has 0 aliphatic heterocycles. The summed E-state index contributed by atoms with van der Waals surface area (Å²) in [6.45, 7) is 0.0111. The van der Waals surface area contributed by atoms with E-state index in [-0.39, 0.29) is 6.61 Å². The van der Waals surface area contributed by atoms with E-state index in [1.54, 1.807) is 0 Å². The van der Waals surface area contributed by atoms with Crippen molar-refractivity contribution in [2.75, 3.05) is 6.61 Å². The summed E-state index contributed by atoms with van der Waals surface area (Å²) in [7, 11) is -3.83. The SMILES string of the molecule is NS(=O)(=O)OCCC#CCCc1ccccc1. The highest BCUT2D eigenvalue weighted by Crippen LogP contribution is 2.01. The van der Waals surface area contributed by atoms with E-state index in [2.05, 4.69) is 21.2 Å². The third-order valence-electron chi connectivity index (χ3n) is 1.98. The van der Waals surface area contributed by atoms with E-state index in [1.807, 2.05) is 30.3 Å². The minimum absolute atomic E-state index is 0.0111. The molecule has 0 amide bonds. The molecule has 1 aromatic carbocycles. The largest absolute Gasteiger partial charge is 0.333 e. The van der Waals surface area contributed by atoms with Crippen LogP contribution in [-0.2, 0) is 20.9 Å². The first-order valence-electron chi connectivity index (χ1n) is 5.25. The second kappa shape index (κ2) is 7.07. The Kier molecular flexibility index (Phi) is 5.70. The Bertz CT molecular complexity index is 485. The van der Waals surface area contributed by atoms with Crippen LogP contribution in [0.4, 0.5) is 0 Å². The van der Waals surface area contributed by atoms with Crippen molar-refractivity contribution in [1.29, 1.82) is 0 Å². The molecule has 0 aliphatic rings. The number of hydrogen-bond donors (Lipinski definition) is 1. The van der Waals surface area contributed by atoms with Crippen molar-refractivity contribution in [3.63, 3.8) is 0 Å². The Labute approximate surface area is 102 Å².